The van der Waals surface area contributed by atoms with Crippen molar-refractivity contribution in [2.45, 2.75) is 38.5 Å². The highest BCUT2D eigenvalue weighted by Gasteiger charge is 2.54. The van der Waals surface area contributed by atoms with Gasteiger partial charge in [-0.05, 0) is 80.5 Å². The van der Waals surface area contributed by atoms with Crippen LogP contribution in [0.4, 0.5) is 11.4 Å². The van der Waals surface area contributed by atoms with Crippen LogP contribution in [0.2, 0.25) is 0 Å². The summed E-state index contributed by atoms with van der Waals surface area (Å²) in [6.07, 6.45) is 9.87. The van der Waals surface area contributed by atoms with Crippen molar-refractivity contribution >= 4 is 33.4 Å². The van der Waals surface area contributed by atoms with Crippen LogP contribution in [-0.4, -0.2) is 47.4 Å². The smallest absolute Gasteiger partial charge is 0.326 e. The minimum absolute atomic E-state index is 0.0700. The molecule has 1 saturated heterocycles. The van der Waals surface area contributed by atoms with Crippen molar-refractivity contribution < 1.29 is 18.0 Å². The number of aryl methyl sites for hydroxylation is 1. The summed E-state index contributed by atoms with van der Waals surface area (Å²) in [5.41, 5.74) is 1.09. The van der Waals surface area contributed by atoms with Crippen molar-refractivity contribution in [3.8, 4) is 0 Å². The molecule has 7 rings (SSSR count). The van der Waals surface area contributed by atoms with Crippen LogP contribution in [-0.2, 0) is 22.1 Å². The zero-order chi connectivity index (χ0) is 23.7. The van der Waals surface area contributed by atoms with Crippen LogP contribution in [0, 0.1) is 23.2 Å². The van der Waals surface area contributed by atoms with E-state index in [1.54, 1.807) is 37.5 Å². The topological polar surface area (TPSA) is 105 Å². The Labute approximate surface area is 199 Å². The summed E-state index contributed by atoms with van der Waals surface area (Å²) in [5, 5.41) is 7.10. The van der Waals surface area contributed by atoms with Crippen molar-refractivity contribution in [2.75, 3.05) is 22.7 Å². The molecular formula is C24H29N5O4S. The summed E-state index contributed by atoms with van der Waals surface area (Å²) in [5.74, 6) is 1.58. The van der Waals surface area contributed by atoms with Crippen LogP contribution in [0.5, 0.6) is 0 Å². The molecule has 0 radical (unpaired) electrons. The minimum Gasteiger partial charge on any atom is -0.326 e. The number of anilines is 2. The average molecular weight is 484 g/mol. The molecule has 10 heteroatoms. The summed E-state index contributed by atoms with van der Waals surface area (Å²) in [4.78, 5) is 26.3. The highest BCUT2D eigenvalue weighted by atomic mass is 32.2. The van der Waals surface area contributed by atoms with E-state index in [0.717, 1.165) is 23.6 Å². The highest BCUT2D eigenvalue weighted by molar-refractivity contribution is 7.91. The summed E-state index contributed by atoms with van der Waals surface area (Å²) >= 11 is 0. The lowest BCUT2D eigenvalue weighted by atomic mass is 9.49. The summed E-state index contributed by atoms with van der Waals surface area (Å²) < 4.78 is 29.5. The van der Waals surface area contributed by atoms with E-state index in [0.29, 0.717) is 29.1 Å². The van der Waals surface area contributed by atoms with Crippen LogP contribution in [0.15, 0.2) is 36.7 Å². The third kappa shape index (κ3) is 3.41. The zero-order valence-electron chi connectivity index (χ0n) is 19.2. The molecule has 4 saturated carbocycles. The Balaban J connectivity index is 1.15. The molecule has 5 aliphatic rings. The number of carbonyl (C=O) groups is 2. The third-order valence-corrected chi connectivity index (χ3v) is 10.0. The first-order valence-electron chi connectivity index (χ1n) is 12.0. The number of aromatic nitrogens is 2. The molecule has 1 aliphatic heterocycles. The molecule has 1 aromatic heterocycles. The number of benzene rings is 1. The number of hydrogen-bond donors (Lipinski definition) is 1. The van der Waals surface area contributed by atoms with Gasteiger partial charge in [-0.2, -0.15) is 13.5 Å². The Morgan fingerprint density at radius 2 is 1.62 bits per heavy atom. The predicted molar refractivity (Wildman–Crippen MR) is 126 cm³/mol. The van der Waals surface area contributed by atoms with Crippen molar-refractivity contribution in [3.63, 3.8) is 0 Å². The fourth-order valence-corrected chi connectivity index (χ4v) is 8.57. The summed E-state index contributed by atoms with van der Waals surface area (Å²) in [6, 6.07) is 6.54. The molecule has 2 amide bonds. The Morgan fingerprint density at radius 1 is 1.00 bits per heavy atom. The van der Waals surface area contributed by atoms with E-state index < -0.39 is 16.1 Å². The van der Waals surface area contributed by atoms with E-state index in [9.17, 15) is 18.0 Å². The maximum atomic E-state index is 13.3. The van der Waals surface area contributed by atoms with Gasteiger partial charge in [0.1, 0.15) is 0 Å². The second kappa shape index (κ2) is 7.56. The Bertz CT molecular complexity index is 1220. The van der Waals surface area contributed by atoms with Gasteiger partial charge >= 0.3 is 10.2 Å². The number of carbonyl (C=O) groups excluding carboxylic acids is 2. The molecule has 4 bridgehead atoms. The second-order valence-electron chi connectivity index (χ2n) is 10.6. The van der Waals surface area contributed by atoms with Gasteiger partial charge in [-0.3, -0.25) is 14.3 Å². The van der Waals surface area contributed by atoms with Gasteiger partial charge in [0.15, 0.2) is 0 Å². The number of rotatable bonds is 4. The Morgan fingerprint density at radius 3 is 2.18 bits per heavy atom. The fourth-order valence-electron chi connectivity index (χ4n) is 7.03. The normalized spacial score (nSPS) is 31.1. The van der Waals surface area contributed by atoms with E-state index in [-0.39, 0.29) is 30.0 Å². The summed E-state index contributed by atoms with van der Waals surface area (Å²) in [6.45, 7) is 0.250. The second-order valence-corrected chi connectivity index (χ2v) is 12.3. The molecule has 9 nitrogen and oxygen atoms in total. The molecule has 34 heavy (non-hydrogen) atoms. The van der Waals surface area contributed by atoms with E-state index in [1.165, 1.54) is 34.4 Å². The van der Waals surface area contributed by atoms with Gasteiger partial charge in [0.05, 0.1) is 30.4 Å². The van der Waals surface area contributed by atoms with Crippen LogP contribution in [0.1, 0.15) is 48.9 Å². The molecule has 5 fully saturated rings. The van der Waals surface area contributed by atoms with Crippen molar-refractivity contribution in [1.29, 1.82) is 0 Å². The van der Waals surface area contributed by atoms with Gasteiger partial charge in [0.25, 0.3) is 5.91 Å². The van der Waals surface area contributed by atoms with Crippen LogP contribution in [0.25, 0.3) is 0 Å². The Hall–Kier alpha value is -2.88. The van der Waals surface area contributed by atoms with Crippen LogP contribution >= 0.6 is 0 Å². The zero-order valence-corrected chi connectivity index (χ0v) is 20.0. The van der Waals surface area contributed by atoms with E-state index in [2.05, 4.69) is 10.4 Å². The molecule has 1 N–H and O–H groups in total. The SMILES string of the molecule is Cn1cc(N2CCN(C(=O)c3ccc(NC(=O)C45CC6CC(CC(C6)C4)C5)cc3)S2(=O)=O)cn1. The molecule has 1 aromatic carbocycles. The third-order valence-electron chi connectivity index (χ3n) is 8.18. The lowest BCUT2D eigenvalue weighted by Gasteiger charge is -2.55. The first-order valence-corrected chi connectivity index (χ1v) is 13.4. The van der Waals surface area contributed by atoms with Gasteiger partial charge in [0, 0.05) is 24.5 Å². The lowest BCUT2D eigenvalue weighted by Crippen LogP contribution is -2.51. The van der Waals surface area contributed by atoms with Crippen molar-refractivity contribution in [3.05, 3.63) is 42.2 Å². The summed E-state index contributed by atoms with van der Waals surface area (Å²) in [7, 11) is -2.27. The average Bonchev–Trinajstić information content (AvgIpc) is 3.34. The van der Waals surface area contributed by atoms with E-state index in [1.807, 2.05) is 0 Å². The first-order chi connectivity index (χ1) is 16.2. The molecule has 0 atom stereocenters. The monoisotopic (exact) mass is 483 g/mol. The molecule has 180 valence electrons. The number of nitrogens with zero attached hydrogens (tertiary/aromatic N) is 4. The number of hydrogen-bond acceptors (Lipinski definition) is 5. The van der Waals surface area contributed by atoms with Gasteiger partial charge in [0.2, 0.25) is 5.91 Å². The van der Waals surface area contributed by atoms with Crippen molar-refractivity contribution in [2.24, 2.45) is 30.2 Å². The maximum absolute atomic E-state index is 13.3. The first kappa shape index (κ1) is 21.6. The number of nitrogens with one attached hydrogen (secondary N) is 1. The van der Waals surface area contributed by atoms with Crippen molar-refractivity contribution in [1.82, 2.24) is 14.1 Å². The molecule has 0 spiro atoms. The molecular weight excluding hydrogens is 454 g/mol. The molecule has 0 unspecified atom stereocenters. The van der Waals surface area contributed by atoms with Crippen LogP contribution < -0.4 is 9.62 Å². The van der Waals surface area contributed by atoms with Gasteiger partial charge in [-0.1, -0.05) is 0 Å². The van der Waals surface area contributed by atoms with E-state index in [4.69, 9.17) is 0 Å². The van der Waals surface area contributed by atoms with Gasteiger partial charge in [-0.25, -0.2) is 8.61 Å². The van der Waals surface area contributed by atoms with Gasteiger partial charge in [-0.15, -0.1) is 0 Å². The van der Waals surface area contributed by atoms with E-state index >= 15 is 0 Å². The number of amides is 2. The standard InChI is InChI=1S/C24H29N5O4S/c1-27-15-21(14-25-27)28-6-7-29(34(28,32)33)22(30)19-2-4-20(5-3-19)26-23(31)24-11-16-8-17(12-24)10-18(9-16)13-24/h2-5,14-18H,6-13H2,1H3,(H,26,31). The molecule has 4 aliphatic carbocycles. The Kier molecular flexibility index (Phi) is 4.81. The fraction of sp³-hybridized carbons (Fsp3) is 0.542. The largest absolute Gasteiger partial charge is 0.329 e. The van der Waals surface area contributed by atoms with Crippen LogP contribution in [0.3, 0.4) is 0 Å². The predicted octanol–water partition coefficient (Wildman–Crippen LogP) is 2.78. The highest BCUT2D eigenvalue weighted by Crippen LogP contribution is 2.60. The minimum atomic E-state index is -3.98. The quantitative estimate of drug-likeness (QED) is 0.720. The van der Waals surface area contributed by atoms with Gasteiger partial charge < -0.3 is 5.32 Å². The molecule has 2 aromatic rings. The maximum Gasteiger partial charge on any atom is 0.329 e. The molecule has 2 heterocycles. The lowest BCUT2D eigenvalue weighted by molar-refractivity contribution is -0.140.